The van der Waals surface area contributed by atoms with Crippen LogP contribution in [0.3, 0.4) is 0 Å². The molecule has 5 aromatic rings. The first-order valence-electron chi connectivity index (χ1n) is 8.22. The number of ether oxygens (including phenoxy) is 1. The molecule has 0 amide bonds. The molecule has 4 aromatic heterocycles. The number of aromatic nitrogens is 6. The van der Waals surface area contributed by atoms with Crippen LogP contribution in [0.15, 0.2) is 48.7 Å². The van der Waals surface area contributed by atoms with Crippen LogP contribution in [0.4, 0.5) is 0 Å². The molecule has 0 spiro atoms. The second-order valence-corrected chi connectivity index (χ2v) is 7.41. The molecule has 0 aliphatic carbocycles. The predicted molar refractivity (Wildman–Crippen MR) is 103 cm³/mol. The van der Waals surface area contributed by atoms with Crippen LogP contribution in [0.25, 0.3) is 22.1 Å². The fraction of sp³-hybridized carbons (Fsp3) is 0.111. The van der Waals surface area contributed by atoms with Crippen molar-refractivity contribution in [3.8, 4) is 17.3 Å². The van der Waals surface area contributed by atoms with E-state index in [9.17, 15) is 0 Å². The average Bonchev–Trinajstić information content (AvgIpc) is 3.33. The summed E-state index contributed by atoms with van der Waals surface area (Å²) in [4.78, 5) is 5.30. The molecule has 0 N–H and O–H groups in total. The van der Waals surface area contributed by atoms with Gasteiger partial charge in [0.2, 0.25) is 10.8 Å². The highest BCUT2D eigenvalue weighted by Gasteiger charge is 2.19. The molecule has 0 saturated carbocycles. The number of aryl methyl sites for hydroxylation is 1. The van der Waals surface area contributed by atoms with E-state index < -0.39 is 0 Å². The van der Waals surface area contributed by atoms with E-state index in [4.69, 9.17) is 16.3 Å². The summed E-state index contributed by atoms with van der Waals surface area (Å²) in [7, 11) is 0. The quantitative estimate of drug-likeness (QED) is 0.458. The first-order valence-corrected chi connectivity index (χ1v) is 9.42. The molecule has 134 valence electrons. The maximum Gasteiger partial charge on any atom is 0.235 e. The Hall–Kier alpha value is -2.97. The molecule has 0 saturated heterocycles. The van der Waals surface area contributed by atoms with Crippen molar-refractivity contribution >= 4 is 33.5 Å². The SMILES string of the molecule is Cc1nc2ccccn2c1-c1nnc2sc(COc3ccc(Cl)cc3)nn12. The number of nitrogens with zero attached hydrogens (tertiary/aromatic N) is 6. The van der Waals surface area contributed by atoms with Crippen LogP contribution < -0.4 is 4.74 Å². The van der Waals surface area contributed by atoms with Gasteiger partial charge in [0, 0.05) is 11.2 Å². The van der Waals surface area contributed by atoms with Gasteiger partial charge in [-0.05, 0) is 43.3 Å². The molecule has 0 unspecified atom stereocenters. The van der Waals surface area contributed by atoms with Crippen LogP contribution in [-0.2, 0) is 6.61 Å². The minimum atomic E-state index is 0.348. The Labute approximate surface area is 162 Å². The van der Waals surface area contributed by atoms with Gasteiger partial charge in [-0.3, -0.25) is 4.40 Å². The third-order valence-electron chi connectivity index (χ3n) is 4.12. The lowest BCUT2D eigenvalue weighted by Gasteiger charge is -2.03. The van der Waals surface area contributed by atoms with Crippen LogP contribution in [0.5, 0.6) is 5.75 Å². The molecule has 0 radical (unpaired) electrons. The molecule has 1 aromatic carbocycles. The number of halogens is 1. The third kappa shape index (κ3) is 2.83. The molecule has 0 aliphatic rings. The van der Waals surface area contributed by atoms with Crippen LogP contribution in [-0.4, -0.2) is 29.2 Å². The zero-order chi connectivity index (χ0) is 18.4. The lowest BCUT2D eigenvalue weighted by Crippen LogP contribution is -1.99. The van der Waals surface area contributed by atoms with Gasteiger partial charge in [0.25, 0.3) is 0 Å². The fourth-order valence-electron chi connectivity index (χ4n) is 2.92. The molecule has 0 aliphatic heterocycles. The van der Waals surface area contributed by atoms with Crippen molar-refractivity contribution in [2.24, 2.45) is 0 Å². The largest absolute Gasteiger partial charge is 0.486 e. The highest BCUT2D eigenvalue weighted by molar-refractivity contribution is 7.16. The minimum Gasteiger partial charge on any atom is -0.486 e. The van der Waals surface area contributed by atoms with Crippen molar-refractivity contribution in [3.63, 3.8) is 0 Å². The van der Waals surface area contributed by atoms with E-state index in [-0.39, 0.29) is 0 Å². The van der Waals surface area contributed by atoms with Crippen molar-refractivity contribution in [2.75, 3.05) is 0 Å². The average molecular weight is 397 g/mol. The number of imidazole rings is 1. The number of hydrogen-bond acceptors (Lipinski definition) is 6. The summed E-state index contributed by atoms with van der Waals surface area (Å²) in [6.45, 7) is 2.31. The first-order chi connectivity index (χ1) is 13.2. The summed E-state index contributed by atoms with van der Waals surface area (Å²) in [5, 5.41) is 14.7. The van der Waals surface area contributed by atoms with Gasteiger partial charge >= 0.3 is 0 Å². The number of rotatable bonds is 4. The van der Waals surface area contributed by atoms with Gasteiger partial charge in [0.1, 0.15) is 23.7 Å². The third-order valence-corrected chi connectivity index (χ3v) is 5.25. The molecule has 0 atom stereocenters. The van der Waals surface area contributed by atoms with Crippen LogP contribution in [0.1, 0.15) is 10.7 Å². The zero-order valence-electron chi connectivity index (χ0n) is 14.2. The van der Waals surface area contributed by atoms with Gasteiger partial charge in [-0.2, -0.15) is 9.61 Å². The summed E-state index contributed by atoms with van der Waals surface area (Å²) in [5.74, 6) is 1.40. The van der Waals surface area contributed by atoms with E-state index >= 15 is 0 Å². The number of hydrogen-bond donors (Lipinski definition) is 0. The summed E-state index contributed by atoms with van der Waals surface area (Å²) >= 11 is 7.34. The molecular formula is C18H13ClN6OS. The molecule has 9 heteroatoms. The lowest BCUT2D eigenvalue weighted by molar-refractivity contribution is 0.304. The van der Waals surface area contributed by atoms with E-state index in [0.717, 1.165) is 27.8 Å². The summed E-state index contributed by atoms with van der Waals surface area (Å²) in [5.41, 5.74) is 2.62. The van der Waals surface area contributed by atoms with Crippen molar-refractivity contribution in [1.29, 1.82) is 0 Å². The summed E-state index contributed by atoms with van der Waals surface area (Å²) in [6, 6.07) is 13.1. The molecule has 0 fully saturated rings. The Bertz CT molecular complexity index is 1260. The Morgan fingerprint density at radius 1 is 1.11 bits per heavy atom. The van der Waals surface area contributed by atoms with Crippen molar-refractivity contribution in [1.82, 2.24) is 29.2 Å². The van der Waals surface area contributed by atoms with E-state index in [1.165, 1.54) is 11.3 Å². The van der Waals surface area contributed by atoms with Crippen LogP contribution in [0, 0.1) is 6.92 Å². The Kier molecular flexibility index (Phi) is 3.80. The maximum absolute atomic E-state index is 5.90. The smallest absolute Gasteiger partial charge is 0.235 e. The zero-order valence-corrected chi connectivity index (χ0v) is 15.8. The number of fused-ring (bicyclic) bond motifs is 2. The lowest BCUT2D eigenvalue weighted by atomic mass is 10.3. The second kappa shape index (κ2) is 6.33. The van der Waals surface area contributed by atoms with E-state index in [1.807, 2.05) is 47.9 Å². The second-order valence-electron chi connectivity index (χ2n) is 5.93. The monoisotopic (exact) mass is 396 g/mol. The van der Waals surface area contributed by atoms with Crippen LogP contribution in [0.2, 0.25) is 5.02 Å². The van der Waals surface area contributed by atoms with Gasteiger partial charge in [0.15, 0.2) is 5.01 Å². The summed E-state index contributed by atoms with van der Waals surface area (Å²) in [6.07, 6.45) is 1.96. The highest BCUT2D eigenvalue weighted by atomic mass is 35.5. The van der Waals surface area contributed by atoms with E-state index in [1.54, 1.807) is 16.6 Å². The number of pyridine rings is 1. The standard InChI is InChI=1S/C18H13ClN6OS/c1-11-16(24-9-3-2-4-14(24)20-11)17-21-22-18-25(17)23-15(27-18)10-26-13-7-5-12(19)6-8-13/h2-9H,10H2,1H3. The van der Waals surface area contributed by atoms with Crippen molar-refractivity contribution < 1.29 is 4.74 Å². The Morgan fingerprint density at radius 3 is 2.81 bits per heavy atom. The predicted octanol–water partition coefficient (Wildman–Crippen LogP) is 4.04. The maximum atomic E-state index is 5.90. The molecule has 27 heavy (non-hydrogen) atoms. The fourth-order valence-corrected chi connectivity index (χ4v) is 3.79. The Balaban J connectivity index is 1.50. The number of benzene rings is 1. The van der Waals surface area contributed by atoms with Crippen molar-refractivity contribution in [3.05, 3.63) is 64.4 Å². The highest BCUT2D eigenvalue weighted by Crippen LogP contribution is 2.26. The minimum absolute atomic E-state index is 0.348. The molecule has 0 bridgehead atoms. The van der Waals surface area contributed by atoms with Gasteiger partial charge in [-0.1, -0.05) is 29.0 Å². The molecular weight excluding hydrogens is 384 g/mol. The van der Waals surface area contributed by atoms with Gasteiger partial charge in [-0.25, -0.2) is 4.98 Å². The van der Waals surface area contributed by atoms with Gasteiger partial charge in [-0.15, -0.1) is 10.2 Å². The molecule has 7 nitrogen and oxygen atoms in total. The van der Waals surface area contributed by atoms with Gasteiger partial charge in [0.05, 0.1) is 5.69 Å². The van der Waals surface area contributed by atoms with E-state index in [2.05, 4.69) is 20.3 Å². The normalized spacial score (nSPS) is 11.5. The molecule has 5 rings (SSSR count). The first kappa shape index (κ1) is 16.2. The Morgan fingerprint density at radius 2 is 1.96 bits per heavy atom. The summed E-state index contributed by atoms with van der Waals surface area (Å²) < 4.78 is 9.52. The van der Waals surface area contributed by atoms with Crippen LogP contribution >= 0.6 is 22.9 Å². The molecule has 4 heterocycles. The van der Waals surface area contributed by atoms with E-state index in [0.29, 0.717) is 22.4 Å². The van der Waals surface area contributed by atoms with Gasteiger partial charge < -0.3 is 4.74 Å². The van der Waals surface area contributed by atoms with Crippen molar-refractivity contribution in [2.45, 2.75) is 13.5 Å². The topological polar surface area (TPSA) is 69.6 Å².